The molecule has 0 atom stereocenters. The molecule has 0 N–H and O–H groups in total. The number of nitrogens with zero attached hydrogens (tertiary/aromatic N) is 2. The third kappa shape index (κ3) is 43.6. The molecule has 0 spiro atoms. The van der Waals surface area contributed by atoms with Crippen molar-refractivity contribution in [3.8, 4) is 0 Å². The van der Waals surface area contributed by atoms with Crippen LogP contribution in [0.25, 0.3) is 16.9 Å². The first-order valence-electron chi connectivity index (χ1n) is 33.1. The van der Waals surface area contributed by atoms with E-state index < -0.39 is 0 Å². The van der Waals surface area contributed by atoms with E-state index in [0.29, 0.717) is 0 Å². The summed E-state index contributed by atoms with van der Waals surface area (Å²) in [5.74, 6) is 0. The molecule has 2 aromatic rings. The Morgan fingerprint density at radius 1 is 0.347 bits per heavy atom. The normalized spacial score (nSPS) is 12.1. The monoisotopic (exact) mass is 1080 g/mol. The zero-order valence-corrected chi connectivity index (χ0v) is 52.0. The Morgan fingerprint density at radius 3 is 0.827 bits per heavy atom. The van der Waals surface area contributed by atoms with Gasteiger partial charge in [-0.15, -0.1) is 0 Å². The van der Waals surface area contributed by atoms with Crippen LogP contribution in [0.2, 0.25) is 0 Å². The van der Waals surface area contributed by atoms with E-state index in [-0.39, 0.29) is 16.5 Å². The van der Waals surface area contributed by atoms with Gasteiger partial charge in [0.2, 0.25) is 11.4 Å². The maximum absolute atomic E-state index is 10.7. The second-order valence-corrected chi connectivity index (χ2v) is 23.1. The maximum atomic E-state index is 10.7. The predicted octanol–water partition coefficient (Wildman–Crippen LogP) is 25.9. The first-order valence-corrected chi connectivity index (χ1v) is 33.1. The van der Waals surface area contributed by atoms with Gasteiger partial charge >= 0.3 is 16.5 Å². The minimum atomic E-state index is 0. The molecule has 0 aliphatic carbocycles. The van der Waals surface area contributed by atoms with Crippen LogP contribution in [0.15, 0.2) is 60.2 Å². The molecule has 0 aromatic heterocycles. The first-order chi connectivity index (χ1) is 36.4. The Bertz CT molecular complexity index is 1490. The van der Waals surface area contributed by atoms with E-state index in [9.17, 15) is 5.53 Å². The molecular formula is C72H126N2Ni. The largest absolute Gasteiger partial charge is 2.00 e. The fourth-order valence-electron chi connectivity index (χ4n) is 10.9. The molecule has 0 bridgehead atoms. The quantitative estimate of drug-likeness (QED) is 0.0273. The van der Waals surface area contributed by atoms with Gasteiger partial charge in [0.15, 0.2) is 0 Å². The molecule has 0 unspecified atom stereocenters. The Balaban J connectivity index is 0.00000109. The van der Waals surface area contributed by atoms with Crippen molar-refractivity contribution in [3.63, 3.8) is 0 Å². The number of aryl methyl sites for hydroxylation is 2. The summed E-state index contributed by atoms with van der Waals surface area (Å²) in [6.07, 6.45) is 72.6. The van der Waals surface area contributed by atoms with Gasteiger partial charge in [0, 0.05) is 22.8 Å². The summed E-state index contributed by atoms with van der Waals surface area (Å²) in [6.45, 7) is 18.7. The number of allylic oxidation sites excluding steroid dienone is 2. The van der Waals surface area contributed by atoms with Crippen LogP contribution >= 0.6 is 0 Å². The van der Waals surface area contributed by atoms with E-state index in [4.69, 9.17) is 0 Å². The van der Waals surface area contributed by atoms with Crippen LogP contribution in [0.1, 0.15) is 358 Å². The minimum Gasteiger partial charge on any atom is -0.493 e. The molecule has 0 saturated heterocycles. The summed E-state index contributed by atoms with van der Waals surface area (Å²) in [5, 5.41) is 0. The van der Waals surface area contributed by atoms with E-state index in [0.717, 1.165) is 47.4 Å². The molecule has 0 saturated carbocycles. The van der Waals surface area contributed by atoms with Crippen molar-refractivity contribution in [2.24, 2.45) is 0 Å². The van der Waals surface area contributed by atoms with Crippen LogP contribution in [0.5, 0.6) is 0 Å². The number of hydrogen-bond acceptors (Lipinski definition) is 0. The summed E-state index contributed by atoms with van der Waals surface area (Å²) < 4.78 is 1.34. The summed E-state index contributed by atoms with van der Waals surface area (Å²) in [7, 11) is 0. The summed E-state index contributed by atoms with van der Waals surface area (Å²) in [6, 6.07) is 16.5. The molecule has 1 aliphatic heterocycles. The van der Waals surface area contributed by atoms with Crippen LogP contribution in [0.3, 0.4) is 0 Å². The first kappa shape index (κ1) is 73.0. The van der Waals surface area contributed by atoms with Crippen LogP contribution in [0.4, 0.5) is 0 Å². The number of rotatable bonds is 49. The molecular weight excluding hydrogens is 951 g/mol. The van der Waals surface area contributed by atoms with Crippen molar-refractivity contribution in [3.05, 3.63) is 102 Å². The second-order valence-electron chi connectivity index (χ2n) is 23.1. The minimum absolute atomic E-state index is 0. The van der Waals surface area contributed by atoms with Crippen LogP contribution in [0, 0.1) is 27.7 Å². The Kier molecular flexibility index (Phi) is 55.2. The van der Waals surface area contributed by atoms with E-state index in [1.807, 2.05) is 24.3 Å². The van der Waals surface area contributed by atoms with Crippen molar-refractivity contribution in [2.45, 2.75) is 349 Å². The van der Waals surface area contributed by atoms with E-state index in [2.05, 4.69) is 78.8 Å². The van der Waals surface area contributed by atoms with Crippen molar-refractivity contribution in [2.75, 3.05) is 0 Å². The molecule has 0 fully saturated rings. The molecule has 3 rings (SSSR count). The van der Waals surface area contributed by atoms with Gasteiger partial charge in [-0.25, -0.2) is 4.70 Å². The average molecular weight is 1080 g/mol. The fourth-order valence-corrected chi connectivity index (χ4v) is 10.9. The molecule has 0 radical (unpaired) electrons. The topological polar surface area (TPSA) is 25.3 Å². The zero-order valence-electron chi connectivity index (χ0n) is 51.0. The van der Waals surface area contributed by atoms with Crippen LogP contribution in [-0.2, 0) is 16.5 Å². The van der Waals surface area contributed by atoms with Gasteiger partial charge in [-0.1, -0.05) is 352 Å². The number of benzene rings is 2. The van der Waals surface area contributed by atoms with Gasteiger partial charge in [0.05, 0.1) is 0 Å². The molecule has 434 valence electrons. The van der Waals surface area contributed by atoms with Gasteiger partial charge in [-0.2, -0.15) is 12.8 Å². The number of unbranched alkanes of at least 4 members (excludes halogenated alkanes) is 46. The SMILES string of the molecule is CCC1=C(c2cccc(C)c2)[N+](=[N-])C(c2cccc(C)c2)=C1.[CH2-]CCCCCCCCCCCCCCCCCCCCCCCCC.[CH2-]CCCCCCCCCCCCCCCCCCCCCCCCC.[Ni+2]. The second kappa shape index (κ2) is 56.7. The molecule has 2 aromatic carbocycles. The van der Waals surface area contributed by atoms with Gasteiger partial charge in [0.25, 0.3) is 0 Å². The van der Waals surface area contributed by atoms with Gasteiger partial charge < -0.3 is 19.4 Å². The Labute approximate surface area is 481 Å². The number of hydrogen-bond donors (Lipinski definition) is 0. The van der Waals surface area contributed by atoms with Gasteiger partial charge in [0.1, 0.15) is 0 Å². The van der Waals surface area contributed by atoms with E-state index in [1.54, 1.807) is 0 Å². The molecule has 1 heterocycles. The van der Waals surface area contributed by atoms with Crippen molar-refractivity contribution >= 4 is 11.4 Å². The predicted molar refractivity (Wildman–Crippen MR) is 335 cm³/mol. The average Bonchev–Trinajstić information content (AvgIpc) is 3.75. The zero-order chi connectivity index (χ0) is 53.6. The fraction of sp³-hybridized carbons (Fsp3) is 0.750. The summed E-state index contributed by atoms with van der Waals surface area (Å²) >= 11 is 0. The van der Waals surface area contributed by atoms with Crippen molar-refractivity contribution in [1.82, 2.24) is 0 Å². The summed E-state index contributed by atoms with van der Waals surface area (Å²) in [5.41, 5.74) is 18.1. The molecule has 1 aliphatic rings. The standard InChI is InChI=1S/2C26H53.C20H20N2.Ni/c2*1-3-5-7-9-11-13-15-17-19-21-23-25-26-24-22-20-18-16-14-12-10-8-6-4-2;1-4-16-13-19(17-9-5-7-14(2)11-17)22(21)20(16)18-10-6-8-15(3)12-18;/h2*1,3-26H2,2H3;5-13H,4H2,1-3H3;/q2*-1;;+2. The molecule has 0 amide bonds. The van der Waals surface area contributed by atoms with Crippen molar-refractivity contribution in [1.29, 1.82) is 0 Å². The van der Waals surface area contributed by atoms with Crippen LogP contribution < -0.4 is 0 Å². The maximum Gasteiger partial charge on any atom is 2.00 e. The third-order valence-corrected chi connectivity index (χ3v) is 15.7. The van der Waals surface area contributed by atoms with Gasteiger partial charge in [-0.05, 0) is 44.5 Å². The Hall–Kier alpha value is -1.99. The van der Waals surface area contributed by atoms with Crippen LogP contribution in [-0.4, -0.2) is 4.70 Å². The van der Waals surface area contributed by atoms with Crippen molar-refractivity contribution < 1.29 is 21.2 Å². The van der Waals surface area contributed by atoms with E-state index >= 15 is 0 Å². The molecule has 3 heteroatoms. The Morgan fingerprint density at radius 2 is 0.587 bits per heavy atom. The smallest absolute Gasteiger partial charge is 0.493 e. The van der Waals surface area contributed by atoms with E-state index in [1.165, 1.54) is 311 Å². The third-order valence-electron chi connectivity index (χ3n) is 15.7. The molecule has 2 nitrogen and oxygen atoms in total. The van der Waals surface area contributed by atoms with Gasteiger partial charge in [-0.3, -0.25) is 0 Å². The summed E-state index contributed by atoms with van der Waals surface area (Å²) in [4.78, 5) is 0. The molecule has 75 heavy (non-hydrogen) atoms.